The molecular formula is C20H22FN3O5. The largest absolute Gasteiger partial charge is 0.507 e. The Morgan fingerprint density at radius 1 is 1.31 bits per heavy atom. The molecule has 4 rings (SSSR count). The maximum Gasteiger partial charge on any atom is 0.273 e. The summed E-state index contributed by atoms with van der Waals surface area (Å²) in [6, 6.07) is 5.56. The molecule has 3 aliphatic heterocycles. The minimum absolute atomic E-state index is 0.0645. The van der Waals surface area contributed by atoms with Crippen molar-refractivity contribution in [1.29, 1.82) is 0 Å². The van der Waals surface area contributed by atoms with Crippen molar-refractivity contribution < 1.29 is 29.3 Å². The number of benzene rings is 1. The number of carbonyl (C=O) groups excluding carboxylic acids is 2. The van der Waals surface area contributed by atoms with Crippen LogP contribution in [0.3, 0.4) is 0 Å². The molecule has 1 aromatic carbocycles. The van der Waals surface area contributed by atoms with Crippen LogP contribution in [0.4, 0.5) is 4.39 Å². The maximum absolute atomic E-state index is 13.0. The van der Waals surface area contributed by atoms with E-state index < -0.39 is 41.1 Å². The average molecular weight is 403 g/mol. The first-order valence-electron chi connectivity index (χ1n) is 9.25. The fraction of sp³-hybridized carbons (Fsp3) is 0.400. The highest BCUT2D eigenvalue weighted by atomic mass is 19.1. The number of piperazine rings is 1. The van der Waals surface area contributed by atoms with Gasteiger partial charge in [0.25, 0.3) is 11.8 Å². The minimum Gasteiger partial charge on any atom is -0.507 e. The van der Waals surface area contributed by atoms with Gasteiger partial charge in [-0.05, 0) is 24.6 Å². The highest BCUT2D eigenvalue weighted by Crippen LogP contribution is 2.48. The number of rotatable bonds is 3. The van der Waals surface area contributed by atoms with Crippen molar-refractivity contribution in [3.05, 3.63) is 58.4 Å². The van der Waals surface area contributed by atoms with Crippen LogP contribution in [0.5, 0.6) is 0 Å². The van der Waals surface area contributed by atoms with Gasteiger partial charge in [-0.1, -0.05) is 12.1 Å². The van der Waals surface area contributed by atoms with Gasteiger partial charge in [0, 0.05) is 26.6 Å². The smallest absolute Gasteiger partial charge is 0.273 e. The van der Waals surface area contributed by atoms with Gasteiger partial charge in [-0.2, -0.15) is 0 Å². The van der Waals surface area contributed by atoms with Crippen LogP contribution in [-0.4, -0.2) is 68.3 Å². The number of amides is 2. The molecule has 0 aromatic heterocycles. The predicted molar refractivity (Wildman–Crippen MR) is 99.4 cm³/mol. The molecule has 9 heteroatoms. The van der Waals surface area contributed by atoms with E-state index in [0.29, 0.717) is 12.1 Å². The quantitative estimate of drug-likeness (QED) is 0.571. The van der Waals surface area contributed by atoms with Gasteiger partial charge >= 0.3 is 0 Å². The third-order valence-corrected chi connectivity index (χ3v) is 5.74. The van der Waals surface area contributed by atoms with Gasteiger partial charge in [0.15, 0.2) is 5.76 Å². The van der Waals surface area contributed by atoms with E-state index in [9.17, 15) is 29.3 Å². The van der Waals surface area contributed by atoms with E-state index >= 15 is 0 Å². The summed E-state index contributed by atoms with van der Waals surface area (Å²) in [4.78, 5) is 28.4. The fourth-order valence-corrected chi connectivity index (χ4v) is 4.48. The number of halogens is 1. The summed E-state index contributed by atoms with van der Waals surface area (Å²) in [5, 5.41) is 34.5. The Bertz CT molecular complexity index is 957. The van der Waals surface area contributed by atoms with Gasteiger partial charge in [0.1, 0.15) is 17.6 Å². The van der Waals surface area contributed by atoms with Crippen LogP contribution < -0.4 is 5.32 Å². The Balaban J connectivity index is 1.70. The Labute approximate surface area is 166 Å². The zero-order valence-corrected chi connectivity index (χ0v) is 16.0. The van der Waals surface area contributed by atoms with Crippen molar-refractivity contribution in [1.82, 2.24) is 15.1 Å². The number of nitrogens with zero attached hydrogens (tertiary/aromatic N) is 2. The Morgan fingerprint density at radius 2 is 1.97 bits per heavy atom. The summed E-state index contributed by atoms with van der Waals surface area (Å²) in [6.07, 6.45) is -2.58. The van der Waals surface area contributed by atoms with E-state index in [1.54, 1.807) is 7.05 Å². The van der Waals surface area contributed by atoms with Crippen molar-refractivity contribution >= 4 is 11.8 Å². The monoisotopic (exact) mass is 403 g/mol. The fourth-order valence-electron chi connectivity index (χ4n) is 4.48. The number of hydrogen-bond acceptors (Lipinski definition) is 6. The van der Waals surface area contributed by atoms with Gasteiger partial charge in [0.05, 0.1) is 22.9 Å². The van der Waals surface area contributed by atoms with Gasteiger partial charge in [-0.15, -0.1) is 0 Å². The molecule has 3 unspecified atom stereocenters. The van der Waals surface area contributed by atoms with Crippen LogP contribution in [0, 0.1) is 5.82 Å². The van der Waals surface area contributed by atoms with Gasteiger partial charge in [0.2, 0.25) is 0 Å². The predicted octanol–water partition coefficient (Wildman–Crippen LogP) is 0.137. The van der Waals surface area contributed by atoms with Gasteiger partial charge in [-0.3, -0.25) is 9.59 Å². The molecule has 3 heterocycles. The summed E-state index contributed by atoms with van der Waals surface area (Å²) in [5.74, 6) is -2.19. The Hall–Kier alpha value is -2.91. The third-order valence-electron chi connectivity index (χ3n) is 5.74. The lowest BCUT2D eigenvalue weighted by Gasteiger charge is -2.48. The van der Waals surface area contributed by atoms with Crippen LogP contribution in [0.1, 0.15) is 18.9 Å². The number of aliphatic hydroxyl groups is 3. The lowest BCUT2D eigenvalue weighted by atomic mass is 9.92. The summed E-state index contributed by atoms with van der Waals surface area (Å²) < 4.78 is 13.0. The number of nitrogens with one attached hydrogen (secondary N) is 1. The second-order valence-electron chi connectivity index (χ2n) is 7.96. The molecule has 3 atom stereocenters. The molecule has 2 amide bonds. The number of carbonyl (C=O) groups is 2. The summed E-state index contributed by atoms with van der Waals surface area (Å²) in [6.45, 7) is 2.18. The average Bonchev–Trinajstić information content (AvgIpc) is 2.92. The number of aliphatic hydroxyl groups excluding tert-OH is 3. The molecule has 0 saturated carbocycles. The molecule has 2 fully saturated rings. The molecule has 0 bridgehead atoms. The topological polar surface area (TPSA) is 113 Å². The first-order chi connectivity index (χ1) is 13.6. The zero-order valence-electron chi connectivity index (χ0n) is 16.0. The molecule has 1 aromatic rings. The van der Waals surface area contributed by atoms with E-state index in [4.69, 9.17) is 0 Å². The summed E-state index contributed by atoms with van der Waals surface area (Å²) in [5.41, 5.74) is -0.255. The third kappa shape index (κ3) is 2.89. The van der Waals surface area contributed by atoms with Crippen molar-refractivity contribution in [3.8, 4) is 0 Å². The van der Waals surface area contributed by atoms with E-state index in [2.05, 4.69) is 5.32 Å². The molecular weight excluding hydrogens is 381 g/mol. The SMILES string of the molecule is CN1CC2(C)CC(O)C3=C(C(=O)NCc4ccc(F)cc4)C(O)C(O)=C(C1=O)N32. The van der Waals surface area contributed by atoms with Crippen molar-refractivity contribution in [3.63, 3.8) is 0 Å². The zero-order chi connectivity index (χ0) is 21.1. The van der Waals surface area contributed by atoms with Gasteiger partial charge in [-0.25, -0.2) is 4.39 Å². The number of hydrogen-bond donors (Lipinski definition) is 4. The van der Waals surface area contributed by atoms with Crippen LogP contribution in [-0.2, 0) is 16.1 Å². The normalized spacial score (nSPS) is 28.8. The molecule has 8 nitrogen and oxygen atoms in total. The standard InChI is InChI=1S/C20H22FN3O5/c1-20-7-12(25)14-13(18(28)22-8-10-3-5-11(21)6-4-10)16(26)17(27)15(24(14)20)19(29)23(2)9-20/h3-6,12,16,25-27H,7-9H2,1-2H3,(H,22,28). The van der Waals surface area contributed by atoms with Crippen LogP contribution in [0.2, 0.25) is 0 Å². The molecule has 2 saturated heterocycles. The molecule has 0 radical (unpaired) electrons. The van der Waals surface area contributed by atoms with Crippen LogP contribution in [0.15, 0.2) is 47.0 Å². The molecule has 0 aliphatic carbocycles. The van der Waals surface area contributed by atoms with Crippen LogP contribution >= 0.6 is 0 Å². The highest BCUT2D eigenvalue weighted by Gasteiger charge is 2.57. The molecule has 154 valence electrons. The molecule has 0 spiro atoms. The maximum atomic E-state index is 13.0. The Kier molecular flexibility index (Phi) is 4.39. The summed E-state index contributed by atoms with van der Waals surface area (Å²) in [7, 11) is 1.58. The molecule has 4 N–H and O–H groups in total. The van der Waals surface area contributed by atoms with E-state index in [-0.39, 0.29) is 29.9 Å². The van der Waals surface area contributed by atoms with Gasteiger partial charge < -0.3 is 30.4 Å². The number of likely N-dealkylation sites (N-methyl/N-ethyl adjacent to an activating group) is 1. The van der Waals surface area contributed by atoms with E-state index in [0.717, 1.165) is 0 Å². The first-order valence-corrected chi connectivity index (χ1v) is 9.25. The molecule has 3 aliphatic rings. The second-order valence-corrected chi connectivity index (χ2v) is 7.96. The van der Waals surface area contributed by atoms with Crippen LogP contribution in [0.25, 0.3) is 0 Å². The first kappa shape index (κ1) is 19.4. The highest BCUT2D eigenvalue weighted by molar-refractivity contribution is 6.00. The van der Waals surface area contributed by atoms with Crippen molar-refractivity contribution in [2.24, 2.45) is 0 Å². The Morgan fingerprint density at radius 3 is 2.62 bits per heavy atom. The lowest BCUT2D eigenvalue weighted by molar-refractivity contribution is -0.134. The van der Waals surface area contributed by atoms with Crippen molar-refractivity contribution in [2.75, 3.05) is 13.6 Å². The molecule has 29 heavy (non-hydrogen) atoms. The summed E-state index contributed by atoms with van der Waals surface area (Å²) >= 11 is 0. The second kappa shape index (κ2) is 6.57. The van der Waals surface area contributed by atoms with E-state index in [1.165, 1.54) is 34.1 Å². The van der Waals surface area contributed by atoms with E-state index in [1.807, 2.05) is 6.92 Å². The minimum atomic E-state index is -1.74. The van der Waals surface area contributed by atoms with Crippen molar-refractivity contribution in [2.45, 2.75) is 37.6 Å². The lowest BCUT2D eigenvalue weighted by Crippen LogP contribution is -2.59.